The van der Waals surface area contributed by atoms with Crippen molar-refractivity contribution in [2.45, 2.75) is 20.4 Å². The molecule has 0 atom stereocenters. The Morgan fingerprint density at radius 2 is 1.96 bits per heavy atom. The fourth-order valence-corrected chi connectivity index (χ4v) is 2.74. The van der Waals surface area contributed by atoms with Gasteiger partial charge in [0.25, 0.3) is 0 Å². The zero-order valence-corrected chi connectivity index (χ0v) is 14.0. The van der Waals surface area contributed by atoms with Gasteiger partial charge in [-0.2, -0.15) is 0 Å². The van der Waals surface area contributed by atoms with Crippen molar-refractivity contribution in [2.75, 3.05) is 13.1 Å². The zero-order chi connectivity index (χ0) is 16.9. The fourth-order valence-electron chi connectivity index (χ4n) is 2.74. The Morgan fingerprint density at radius 3 is 2.67 bits per heavy atom. The van der Waals surface area contributed by atoms with Crippen molar-refractivity contribution in [2.24, 2.45) is 0 Å². The summed E-state index contributed by atoms with van der Waals surface area (Å²) in [5.74, 6) is 1.59. The van der Waals surface area contributed by atoms with Crippen molar-refractivity contribution in [1.82, 2.24) is 14.5 Å². The van der Waals surface area contributed by atoms with Crippen LogP contribution in [0.25, 0.3) is 23.2 Å². The third kappa shape index (κ3) is 3.25. The van der Waals surface area contributed by atoms with E-state index >= 15 is 0 Å². The van der Waals surface area contributed by atoms with E-state index in [1.807, 2.05) is 71.9 Å². The summed E-state index contributed by atoms with van der Waals surface area (Å²) in [6.45, 7) is 5.68. The summed E-state index contributed by atoms with van der Waals surface area (Å²) in [5, 5.41) is 0. The van der Waals surface area contributed by atoms with E-state index in [4.69, 9.17) is 4.42 Å². The van der Waals surface area contributed by atoms with Crippen molar-refractivity contribution >= 4 is 29.1 Å². The smallest absolute Gasteiger partial charge is 0.242 e. The third-order valence-electron chi connectivity index (χ3n) is 4.03. The SMILES string of the molecule is CCN(CC)C(=O)Cn1c(/C=C/c2ccco2)nc2ccccc21. The molecule has 0 saturated carbocycles. The first-order chi connectivity index (χ1) is 11.7. The Hall–Kier alpha value is -2.82. The molecule has 5 heteroatoms. The summed E-state index contributed by atoms with van der Waals surface area (Å²) in [6.07, 6.45) is 5.38. The zero-order valence-electron chi connectivity index (χ0n) is 14.0. The minimum absolute atomic E-state index is 0.0933. The van der Waals surface area contributed by atoms with E-state index < -0.39 is 0 Å². The molecule has 0 fully saturated rings. The highest BCUT2D eigenvalue weighted by atomic mass is 16.3. The van der Waals surface area contributed by atoms with Gasteiger partial charge in [0, 0.05) is 13.1 Å². The number of benzene rings is 1. The molecule has 2 heterocycles. The van der Waals surface area contributed by atoms with Crippen molar-refractivity contribution < 1.29 is 9.21 Å². The molecule has 124 valence electrons. The standard InChI is InChI=1S/C19H21N3O2/c1-3-21(4-2)19(23)14-22-17-10-6-5-9-16(17)20-18(22)12-11-15-8-7-13-24-15/h5-13H,3-4,14H2,1-2H3/b12-11+. The summed E-state index contributed by atoms with van der Waals surface area (Å²) < 4.78 is 7.28. The fraction of sp³-hybridized carbons (Fsp3) is 0.263. The summed E-state index contributed by atoms with van der Waals surface area (Å²) in [7, 11) is 0. The van der Waals surface area contributed by atoms with E-state index in [1.165, 1.54) is 0 Å². The molecule has 0 aliphatic carbocycles. The second-order valence-corrected chi connectivity index (χ2v) is 5.46. The van der Waals surface area contributed by atoms with Gasteiger partial charge in [-0.3, -0.25) is 4.79 Å². The van der Waals surface area contributed by atoms with Crippen LogP contribution in [0.1, 0.15) is 25.4 Å². The van der Waals surface area contributed by atoms with Crippen LogP contribution >= 0.6 is 0 Å². The van der Waals surface area contributed by atoms with Gasteiger partial charge in [-0.1, -0.05) is 12.1 Å². The maximum absolute atomic E-state index is 12.5. The van der Waals surface area contributed by atoms with Gasteiger partial charge in [-0.25, -0.2) is 4.98 Å². The van der Waals surface area contributed by atoms with Gasteiger partial charge in [0.15, 0.2) is 0 Å². The Balaban J connectivity index is 1.97. The number of amides is 1. The lowest BCUT2D eigenvalue weighted by atomic mass is 10.3. The molecular formula is C19H21N3O2. The Bertz CT molecular complexity index is 843. The number of nitrogens with zero attached hydrogens (tertiary/aromatic N) is 3. The van der Waals surface area contributed by atoms with Gasteiger partial charge >= 0.3 is 0 Å². The first-order valence-electron chi connectivity index (χ1n) is 8.17. The number of carbonyl (C=O) groups excluding carboxylic acids is 1. The van der Waals surface area contributed by atoms with Crippen LogP contribution in [0.2, 0.25) is 0 Å². The van der Waals surface area contributed by atoms with Crippen LogP contribution in [0.15, 0.2) is 47.1 Å². The molecule has 0 N–H and O–H groups in total. The van der Waals surface area contributed by atoms with Crippen LogP contribution in [-0.4, -0.2) is 33.4 Å². The lowest BCUT2D eigenvalue weighted by Crippen LogP contribution is -2.33. The summed E-state index contributed by atoms with van der Waals surface area (Å²) in [6, 6.07) is 11.6. The summed E-state index contributed by atoms with van der Waals surface area (Å²) in [5.41, 5.74) is 1.83. The maximum atomic E-state index is 12.5. The number of furan rings is 1. The quantitative estimate of drug-likeness (QED) is 0.695. The van der Waals surface area contributed by atoms with Gasteiger partial charge in [-0.05, 0) is 50.3 Å². The molecule has 3 aromatic rings. The minimum atomic E-state index is 0.0933. The highest BCUT2D eigenvalue weighted by Crippen LogP contribution is 2.18. The van der Waals surface area contributed by atoms with Crippen LogP contribution < -0.4 is 0 Å². The third-order valence-corrected chi connectivity index (χ3v) is 4.03. The van der Waals surface area contributed by atoms with E-state index in [9.17, 15) is 4.79 Å². The molecule has 0 bridgehead atoms. The van der Waals surface area contributed by atoms with Gasteiger partial charge in [-0.15, -0.1) is 0 Å². The van der Waals surface area contributed by atoms with E-state index in [1.54, 1.807) is 6.26 Å². The Labute approximate surface area is 141 Å². The average molecular weight is 323 g/mol. The number of likely N-dealkylation sites (N-methyl/N-ethyl adjacent to an activating group) is 1. The van der Waals surface area contributed by atoms with Crippen LogP contribution in [0.3, 0.4) is 0 Å². The molecule has 1 amide bonds. The lowest BCUT2D eigenvalue weighted by molar-refractivity contribution is -0.131. The van der Waals surface area contributed by atoms with Crippen LogP contribution in [0, 0.1) is 0 Å². The monoisotopic (exact) mass is 323 g/mol. The minimum Gasteiger partial charge on any atom is -0.465 e. The topological polar surface area (TPSA) is 51.3 Å². The van der Waals surface area contributed by atoms with Gasteiger partial charge in [0.05, 0.1) is 17.3 Å². The van der Waals surface area contributed by atoms with Crippen molar-refractivity contribution in [3.8, 4) is 0 Å². The second kappa shape index (κ2) is 7.17. The molecule has 2 aromatic heterocycles. The number of aromatic nitrogens is 2. The second-order valence-electron chi connectivity index (χ2n) is 5.46. The van der Waals surface area contributed by atoms with Gasteiger partial charge in [0.1, 0.15) is 18.1 Å². The molecule has 0 unspecified atom stereocenters. The molecular weight excluding hydrogens is 302 g/mol. The number of para-hydroxylation sites is 2. The van der Waals surface area contributed by atoms with Crippen molar-refractivity contribution in [3.63, 3.8) is 0 Å². The molecule has 24 heavy (non-hydrogen) atoms. The Morgan fingerprint density at radius 1 is 1.17 bits per heavy atom. The molecule has 0 radical (unpaired) electrons. The van der Waals surface area contributed by atoms with E-state index in [0.29, 0.717) is 13.1 Å². The highest BCUT2D eigenvalue weighted by Gasteiger charge is 2.15. The predicted octanol–water partition coefficient (Wildman–Crippen LogP) is 3.67. The first kappa shape index (κ1) is 16.1. The lowest BCUT2D eigenvalue weighted by Gasteiger charge is -2.19. The van der Waals surface area contributed by atoms with Crippen LogP contribution in [-0.2, 0) is 11.3 Å². The number of carbonyl (C=O) groups is 1. The highest BCUT2D eigenvalue weighted by molar-refractivity contribution is 5.83. The Kier molecular flexibility index (Phi) is 4.79. The number of hydrogen-bond donors (Lipinski definition) is 0. The van der Waals surface area contributed by atoms with Crippen molar-refractivity contribution in [3.05, 3.63) is 54.2 Å². The number of imidazole rings is 1. The molecule has 0 aliphatic heterocycles. The number of fused-ring (bicyclic) bond motifs is 1. The van der Waals surface area contributed by atoms with Crippen LogP contribution in [0.5, 0.6) is 0 Å². The van der Waals surface area contributed by atoms with Gasteiger partial charge < -0.3 is 13.9 Å². The molecule has 3 rings (SSSR count). The number of hydrogen-bond acceptors (Lipinski definition) is 3. The van der Waals surface area contributed by atoms with Crippen molar-refractivity contribution in [1.29, 1.82) is 0 Å². The molecule has 1 aromatic carbocycles. The van der Waals surface area contributed by atoms with E-state index in [0.717, 1.165) is 22.6 Å². The number of rotatable bonds is 6. The first-order valence-corrected chi connectivity index (χ1v) is 8.17. The van der Waals surface area contributed by atoms with E-state index in [-0.39, 0.29) is 12.5 Å². The largest absolute Gasteiger partial charge is 0.465 e. The van der Waals surface area contributed by atoms with E-state index in [2.05, 4.69) is 4.98 Å². The molecule has 0 aliphatic rings. The average Bonchev–Trinajstić information content (AvgIpc) is 3.22. The molecule has 0 spiro atoms. The summed E-state index contributed by atoms with van der Waals surface area (Å²) in [4.78, 5) is 19.0. The normalized spacial score (nSPS) is 11.4. The molecule has 0 saturated heterocycles. The molecule has 5 nitrogen and oxygen atoms in total. The maximum Gasteiger partial charge on any atom is 0.242 e. The van der Waals surface area contributed by atoms with Gasteiger partial charge in [0.2, 0.25) is 5.91 Å². The summed E-state index contributed by atoms with van der Waals surface area (Å²) >= 11 is 0. The van der Waals surface area contributed by atoms with Crippen LogP contribution in [0.4, 0.5) is 0 Å². The predicted molar refractivity (Wildman–Crippen MR) is 95.3 cm³/mol.